The van der Waals surface area contributed by atoms with E-state index in [0.717, 1.165) is 16.9 Å². The molecular formula is C45H66N4O22S7. The van der Waals surface area contributed by atoms with Crippen molar-refractivity contribution in [3.63, 3.8) is 0 Å². The van der Waals surface area contributed by atoms with E-state index in [4.69, 9.17) is 0 Å². The molecule has 9 N–H and O–H groups in total. The third kappa shape index (κ3) is 16.1. The van der Waals surface area contributed by atoms with Gasteiger partial charge in [-0.3, -0.25) is 41.7 Å². The molecule has 2 aliphatic heterocycles. The van der Waals surface area contributed by atoms with Crippen LogP contribution in [0.25, 0.3) is 0 Å². The number of benzene rings is 2. The molecule has 33 heteroatoms. The number of carbonyl (C=O) groups is 3. The van der Waals surface area contributed by atoms with Gasteiger partial charge in [0.25, 0.3) is 60.7 Å². The van der Waals surface area contributed by atoms with E-state index in [1.807, 2.05) is 37.5 Å². The second-order valence-electron chi connectivity index (χ2n) is 20.6. The summed E-state index contributed by atoms with van der Waals surface area (Å²) in [5.74, 6) is -2.49. The molecule has 0 aromatic heterocycles. The molecule has 26 nitrogen and oxygen atoms in total. The standard InChI is InChI=1S/C45H66N4O22S7/c1-44(2)32-24-30(73(54,55)56)14-16-34(32)48(21-6-10-38(50)46-26-41(75(60,61)62)76(63,64)65)36(44)18-12-28-8-5-9-29(43(28)72-23-20-40(52)53)13-19-37-45(3,4)33-25-31(74(57,58)59)15-17-35(33)49(37)22-7-11-39(51)47-27-42(77(66,67)68)78(69,70)71/h14-17,24-25,28,36-37,41-42H,5-13,18-23,26-27H2,1-4H3,(H,46,50)(H,47,51)(H,52,53)(H,54,55,56)(H,57,58,59)(H,60,61,62)(H,63,64,65)(H,66,67,68)(H,69,70,71). The number of hydrogen-bond acceptors (Lipinski definition) is 18. The molecule has 0 spiro atoms. The zero-order chi connectivity index (χ0) is 58.8. The normalized spacial score (nSPS) is 19.8. The molecule has 2 amide bonds. The first-order valence-corrected chi connectivity index (χ1v) is 34.3. The number of nitrogens with zero attached hydrogens (tertiary/aromatic N) is 2. The highest BCUT2D eigenvalue weighted by molar-refractivity contribution is 8.04. The Morgan fingerprint density at radius 1 is 0.615 bits per heavy atom. The number of anilines is 2. The summed E-state index contributed by atoms with van der Waals surface area (Å²) in [5, 5.41) is 13.9. The Hall–Kier alpha value is -4.00. The highest BCUT2D eigenvalue weighted by Gasteiger charge is 2.47. The van der Waals surface area contributed by atoms with Crippen LogP contribution < -0.4 is 20.4 Å². The van der Waals surface area contributed by atoms with Gasteiger partial charge in [0.2, 0.25) is 21.0 Å². The molecule has 0 bridgehead atoms. The third-order valence-electron chi connectivity index (χ3n) is 14.7. The number of aliphatic carboxylic acids is 1. The summed E-state index contributed by atoms with van der Waals surface area (Å²) in [6.45, 7) is 5.63. The summed E-state index contributed by atoms with van der Waals surface area (Å²) < 4.78 is 194. The van der Waals surface area contributed by atoms with Crippen LogP contribution in [0.4, 0.5) is 11.4 Å². The minimum atomic E-state index is -5.32. The Morgan fingerprint density at radius 3 is 1.41 bits per heavy atom. The molecule has 0 radical (unpaired) electrons. The number of carboxylic acids is 1. The van der Waals surface area contributed by atoms with Crippen LogP contribution in [0.5, 0.6) is 0 Å². The van der Waals surface area contributed by atoms with E-state index >= 15 is 0 Å². The Kier molecular flexibility index (Phi) is 20.5. The van der Waals surface area contributed by atoms with E-state index in [2.05, 4.69) is 10.6 Å². The van der Waals surface area contributed by atoms with Gasteiger partial charge in [-0.2, -0.15) is 50.5 Å². The number of rotatable bonds is 28. The van der Waals surface area contributed by atoms with Crippen LogP contribution in [-0.4, -0.2) is 154 Å². The molecule has 3 aliphatic rings. The van der Waals surface area contributed by atoms with Crippen molar-refractivity contribution in [2.45, 2.75) is 147 Å². The highest BCUT2D eigenvalue weighted by atomic mass is 32.3. The average Bonchev–Trinajstić information content (AvgIpc) is 3.62. The van der Waals surface area contributed by atoms with Gasteiger partial charge in [-0.15, -0.1) is 11.8 Å². The van der Waals surface area contributed by atoms with Crippen molar-refractivity contribution in [2.75, 3.05) is 41.7 Å². The van der Waals surface area contributed by atoms with Crippen LogP contribution in [0.15, 0.2) is 56.7 Å². The van der Waals surface area contributed by atoms with Gasteiger partial charge in [0.15, 0.2) is 0 Å². The molecule has 3 unspecified atom stereocenters. The topological polar surface area (TPSA) is 428 Å². The van der Waals surface area contributed by atoms with Gasteiger partial charge >= 0.3 is 5.97 Å². The molecule has 0 saturated carbocycles. The lowest BCUT2D eigenvalue weighted by Crippen LogP contribution is -2.43. The number of hydrogen-bond donors (Lipinski definition) is 9. The van der Waals surface area contributed by atoms with E-state index in [1.54, 1.807) is 0 Å². The maximum absolute atomic E-state index is 12.9. The minimum absolute atomic E-state index is 0.0959. The molecule has 78 heavy (non-hydrogen) atoms. The fourth-order valence-electron chi connectivity index (χ4n) is 10.8. The van der Waals surface area contributed by atoms with Crippen molar-refractivity contribution >= 4 is 102 Å². The number of amides is 2. The van der Waals surface area contributed by atoms with Crippen LogP contribution in [-0.2, 0) is 85.9 Å². The second kappa shape index (κ2) is 24.6. The van der Waals surface area contributed by atoms with Gasteiger partial charge in [0.05, 0.1) is 29.3 Å². The fraction of sp³-hybridized carbons (Fsp3) is 0.622. The molecule has 2 heterocycles. The molecule has 0 saturated heterocycles. The summed E-state index contributed by atoms with van der Waals surface area (Å²) in [5.41, 5.74) is 1.80. The van der Waals surface area contributed by atoms with Crippen molar-refractivity contribution in [1.82, 2.24) is 10.6 Å². The van der Waals surface area contributed by atoms with E-state index in [9.17, 15) is 97.3 Å². The quantitative estimate of drug-likeness (QED) is 0.0549. The van der Waals surface area contributed by atoms with Gasteiger partial charge in [-0.05, 0) is 116 Å². The average molecular weight is 1240 g/mol. The van der Waals surface area contributed by atoms with Crippen molar-refractivity contribution in [2.24, 2.45) is 5.92 Å². The Bertz CT molecular complexity index is 3290. The predicted molar refractivity (Wildman–Crippen MR) is 287 cm³/mol. The van der Waals surface area contributed by atoms with E-state index in [0.29, 0.717) is 61.0 Å². The Labute approximate surface area is 459 Å². The van der Waals surface area contributed by atoms with Crippen LogP contribution in [0.1, 0.15) is 116 Å². The first kappa shape index (κ1) is 64.8. The summed E-state index contributed by atoms with van der Waals surface area (Å²) >= 11 is 1.43. The number of nitrogens with one attached hydrogen (secondary N) is 2. The molecule has 2 aromatic rings. The van der Waals surface area contributed by atoms with Crippen LogP contribution in [0, 0.1) is 5.92 Å². The van der Waals surface area contributed by atoms with Gasteiger partial charge in [0, 0.05) is 66.0 Å². The number of thioether (sulfide) groups is 1. The summed E-state index contributed by atoms with van der Waals surface area (Å²) in [4.78, 5) is 41.8. The summed E-state index contributed by atoms with van der Waals surface area (Å²) in [7, 11) is -30.6. The van der Waals surface area contributed by atoms with Gasteiger partial charge < -0.3 is 25.5 Å². The largest absolute Gasteiger partial charge is 0.481 e. The van der Waals surface area contributed by atoms with Crippen molar-refractivity contribution in [3.05, 3.63) is 58.0 Å². The second-order valence-corrected chi connectivity index (χ2v) is 31.5. The first-order valence-electron chi connectivity index (χ1n) is 24.4. The van der Waals surface area contributed by atoms with Crippen molar-refractivity contribution in [1.29, 1.82) is 0 Å². The molecule has 2 aromatic carbocycles. The zero-order valence-corrected chi connectivity index (χ0v) is 48.6. The first-order chi connectivity index (χ1) is 35.7. The van der Waals surface area contributed by atoms with Gasteiger partial charge in [-0.25, -0.2) is 0 Å². The molecule has 0 fully saturated rings. The molecular weight excluding hydrogens is 1170 g/mol. The Balaban J connectivity index is 1.41. The number of carboxylic acid groups (broad SMARTS) is 1. The predicted octanol–water partition coefficient (Wildman–Crippen LogP) is 3.63. The fourth-order valence-corrected chi connectivity index (χ4v) is 16.9. The number of allylic oxidation sites excluding steroid dienone is 2. The van der Waals surface area contributed by atoms with E-state index in [-0.39, 0.29) is 78.7 Å². The van der Waals surface area contributed by atoms with Gasteiger partial charge in [0.1, 0.15) is 0 Å². The maximum Gasteiger partial charge on any atom is 0.304 e. The molecule has 1 aliphatic carbocycles. The molecule has 5 rings (SSSR count). The SMILES string of the molecule is CC1(C)c2cc(S(=O)(=O)O)ccc2N(CCCC(=O)NCC(S(=O)(=O)O)S(=O)(=O)O)C1CCC1=C(SCCC(=O)O)C(CCC2N(CCCC(=O)NCC(S(=O)(=O)O)S(=O)(=O)O)c3ccc(S(=O)(=O)O)cc3C2(C)C)CCC1. The molecule has 3 atom stereocenters. The van der Waals surface area contributed by atoms with Crippen molar-refractivity contribution in [3.8, 4) is 0 Å². The smallest absolute Gasteiger partial charge is 0.304 e. The molecule has 440 valence electrons. The number of fused-ring (bicyclic) bond motifs is 2. The summed E-state index contributed by atoms with van der Waals surface area (Å²) in [6.07, 6.45) is 3.51. The number of carbonyl (C=O) groups excluding carboxylic acids is 2. The van der Waals surface area contributed by atoms with Crippen LogP contribution in [0.3, 0.4) is 0 Å². The van der Waals surface area contributed by atoms with E-state index < -0.39 is 112 Å². The lowest BCUT2D eigenvalue weighted by molar-refractivity contribution is -0.136. The van der Waals surface area contributed by atoms with E-state index in [1.165, 1.54) is 48.2 Å². The maximum atomic E-state index is 12.9. The lowest BCUT2D eigenvalue weighted by Gasteiger charge is -2.38. The lowest BCUT2D eigenvalue weighted by atomic mass is 9.75. The Morgan fingerprint density at radius 2 is 1.03 bits per heavy atom. The summed E-state index contributed by atoms with van der Waals surface area (Å²) in [6, 6.07) is 7.53. The zero-order valence-electron chi connectivity index (χ0n) is 42.9. The highest BCUT2D eigenvalue weighted by Crippen LogP contribution is 2.51. The minimum Gasteiger partial charge on any atom is -0.481 e. The third-order valence-corrected chi connectivity index (χ3v) is 23.9. The van der Waals surface area contributed by atoms with Crippen LogP contribution >= 0.6 is 11.8 Å². The van der Waals surface area contributed by atoms with Gasteiger partial charge in [-0.1, -0.05) is 33.3 Å². The monoisotopic (exact) mass is 1240 g/mol. The van der Waals surface area contributed by atoms with Crippen LogP contribution in [0.2, 0.25) is 0 Å². The van der Waals surface area contributed by atoms with Crippen molar-refractivity contribution < 1.29 is 97.3 Å².